The fourth-order valence-electron chi connectivity index (χ4n) is 3.29. The largest absolute Gasteiger partial charge is 0.355 e. The molecule has 144 valence electrons. The van der Waals surface area contributed by atoms with E-state index in [2.05, 4.69) is 10.6 Å². The van der Waals surface area contributed by atoms with Crippen molar-refractivity contribution in [3.63, 3.8) is 0 Å². The standard InChI is InChI=1S/C21H26N2O2S2/c24-20(22-12-16-6-2-1-3-7-16)15-27-19-9-5-4-8-18(19)21(25)23-13-17-10-11-26-14-17/h4-5,8-11,14,16H,1-3,6-7,12-13,15H2,(H,22,24)(H,23,25). The maximum absolute atomic E-state index is 12.5. The average Bonchev–Trinajstić information content (AvgIpc) is 3.23. The lowest BCUT2D eigenvalue weighted by atomic mass is 9.89. The Hall–Kier alpha value is -1.79. The van der Waals surface area contributed by atoms with Gasteiger partial charge >= 0.3 is 0 Å². The van der Waals surface area contributed by atoms with E-state index in [1.807, 2.05) is 41.1 Å². The molecule has 0 unspecified atom stereocenters. The van der Waals surface area contributed by atoms with Gasteiger partial charge in [-0.15, -0.1) is 11.8 Å². The Balaban J connectivity index is 1.47. The first-order chi connectivity index (χ1) is 13.2. The predicted octanol–water partition coefficient (Wildman–Crippen LogP) is 4.47. The molecule has 1 aliphatic rings. The normalized spacial score (nSPS) is 14.7. The Morgan fingerprint density at radius 1 is 1.07 bits per heavy atom. The van der Waals surface area contributed by atoms with Crippen molar-refractivity contribution in [3.05, 3.63) is 52.2 Å². The van der Waals surface area contributed by atoms with Crippen LogP contribution in [0.2, 0.25) is 0 Å². The van der Waals surface area contributed by atoms with Crippen molar-refractivity contribution >= 4 is 34.9 Å². The van der Waals surface area contributed by atoms with Gasteiger partial charge in [0.15, 0.2) is 0 Å². The SMILES string of the molecule is O=C(CSc1ccccc1C(=O)NCc1ccsc1)NCC1CCCCC1. The van der Waals surface area contributed by atoms with Crippen molar-refractivity contribution in [2.24, 2.45) is 5.92 Å². The maximum atomic E-state index is 12.5. The van der Waals surface area contributed by atoms with E-state index < -0.39 is 0 Å². The zero-order valence-electron chi connectivity index (χ0n) is 15.4. The van der Waals surface area contributed by atoms with Gasteiger partial charge in [-0.25, -0.2) is 0 Å². The summed E-state index contributed by atoms with van der Waals surface area (Å²) in [5.41, 5.74) is 1.72. The second-order valence-electron chi connectivity index (χ2n) is 6.91. The van der Waals surface area contributed by atoms with E-state index in [9.17, 15) is 9.59 Å². The van der Waals surface area contributed by atoms with Crippen LogP contribution in [0, 0.1) is 5.92 Å². The molecule has 2 N–H and O–H groups in total. The molecule has 0 bridgehead atoms. The topological polar surface area (TPSA) is 58.2 Å². The molecule has 0 radical (unpaired) electrons. The number of hydrogen-bond donors (Lipinski definition) is 2. The highest BCUT2D eigenvalue weighted by Gasteiger charge is 2.15. The Labute approximate surface area is 169 Å². The van der Waals surface area contributed by atoms with Crippen LogP contribution >= 0.6 is 23.1 Å². The van der Waals surface area contributed by atoms with Gasteiger partial charge in [0.2, 0.25) is 5.91 Å². The number of benzene rings is 1. The monoisotopic (exact) mass is 402 g/mol. The quantitative estimate of drug-likeness (QED) is 0.641. The minimum absolute atomic E-state index is 0.0408. The van der Waals surface area contributed by atoms with Gasteiger partial charge in [-0.2, -0.15) is 11.3 Å². The lowest BCUT2D eigenvalue weighted by Gasteiger charge is -2.21. The van der Waals surface area contributed by atoms with Crippen molar-refractivity contribution < 1.29 is 9.59 Å². The van der Waals surface area contributed by atoms with Crippen molar-refractivity contribution in [2.45, 2.75) is 43.5 Å². The van der Waals surface area contributed by atoms with Crippen LogP contribution in [0.25, 0.3) is 0 Å². The summed E-state index contributed by atoms with van der Waals surface area (Å²) in [7, 11) is 0. The summed E-state index contributed by atoms with van der Waals surface area (Å²) in [5.74, 6) is 0.899. The van der Waals surface area contributed by atoms with Gasteiger partial charge in [0.25, 0.3) is 5.91 Å². The number of amides is 2. The summed E-state index contributed by atoms with van der Waals surface area (Å²) in [4.78, 5) is 25.5. The molecule has 1 aromatic heterocycles. The Morgan fingerprint density at radius 2 is 1.89 bits per heavy atom. The van der Waals surface area contributed by atoms with E-state index in [4.69, 9.17) is 0 Å². The fraction of sp³-hybridized carbons (Fsp3) is 0.429. The number of hydrogen-bond acceptors (Lipinski definition) is 4. The van der Waals surface area contributed by atoms with Crippen LogP contribution in [-0.4, -0.2) is 24.1 Å². The van der Waals surface area contributed by atoms with E-state index >= 15 is 0 Å². The molecule has 6 heteroatoms. The van der Waals surface area contributed by atoms with E-state index in [0.29, 0.717) is 23.8 Å². The molecule has 1 aromatic carbocycles. The van der Waals surface area contributed by atoms with Crippen LogP contribution in [0.5, 0.6) is 0 Å². The highest BCUT2D eigenvalue weighted by molar-refractivity contribution is 8.00. The van der Waals surface area contributed by atoms with E-state index in [1.165, 1.54) is 43.9 Å². The van der Waals surface area contributed by atoms with Crippen molar-refractivity contribution in [1.29, 1.82) is 0 Å². The molecule has 4 nitrogen and oxygen atoms in total. The van der Waals surface area contributed by atoms with Crippen LogP contribution < -0.4 is 10.6 Å². The van der Waals surface area contributed by atoms with Crippen LogP contribution in [0.15, 0.2) is 46.0 Å². The summed E-state index contributed by atoms with van der Waals surface area (Å²) >= 11 is 3.04. The second-order valence-corrected chi connectivity index (χ2v) is 8.70. The minimum atomic E-state index is -0.105. The van der Waals surface area contributed by atoms with Crippen LogP contribution in [0.3, 0.4) is 0 Å². The average molecular weight is 403 g/mol. The molecule has 0 aliphatic heterocycles. The van der Waals surface area contributed by atoms with E-state index in [0.717, 1.165) is 17.0 Å². The third-order valence-corrected chi connectivity index (χ3v) is 6.64. The van der Waals surface area contributed by atoms with Crippen molar-refractivity contribution in [1.82, 2.24) is 10.6 Å². The van der Waals surface area contributed by atoms with E-state index in [1.54, 1.807) is 11.3 Å². The molecule has 2 aromatic rings. The third kappa shape index (κ3) is 6.40. The minimum Gasteiger partial charge on any atom is -0.355 e. The van der Waals surface area contributed by atoms with Gasteiger partial charge in [0, 0.05) is 18.0 Å². The zero-order valence-corrected chi connectivity index (χ0v) is 17.0. The molecular weight excluding hydrogens is 376 g/mol. The van der Waals surface area contributed by atoms with Crippen LogP contribution in [-0.2, 0) is 11.3 Å². The van der Waals surface area contributed by atoms with Gasteiger partial charge in [0.05, 0.1) is 11.3 Å². The van der Waals surface area contributed by atoms with Gasteiger partial charge in [-0.3, -0.25) is 9.59 Å². The molecule has 3 rings (SSSR count). The Morgan fingerprint density at radius 3 is 2.67 bits per heavy atom. The van der Waals surface area contributed by atoms with Gasteiger partial charge < -0.3 is 10.6 Å². The molecule has 1 saturated carbocycles. The van der Waals surface area contributed by atoms with Gasteiger partial charge in [0.1, 0.15) is 0 Å². The highest BCUT2D eigenvalue weighted by Crippen LogP contribution is 2.24. The molecule has 2 amide bonds. The number of nitrogens with one attached hydrogen (secondary N) is 2. The first-order valence-corrected chi connectivity index (χ1v) is 11.4. The molecule has 1 fully saturated rings. The number of carbonyl (C=O) groups is 2. The predicted molar refractivity (Wildman–Crippen MR) is 112 cm³/mol. The molecule has 1 heterocycles. The third-order valence-electron chi connectivity index (χ3n) is 4.84. The molecular formula is C21H26N2O2S2. The molecule has 27 heavy (non-hydrogen) atoms. The number of thiophene rings is 1. The lowest BCUT2D eigenvalue weighted by Crippen LogP contribution is -2.31. The fourth-order valence-corrected chi connectivity index (χ4v) is 4.84. The summed E-state index contributed by atoms with van der Waals surface area (Å²) in [6, 6.07) is 9.47. The smallest absolute Gasteiger partial charge is 0.252 e. The maximum Gasteiger partial charge on any atom is 0.252 e. The van der Waals surface area contributed by atoms with Gasteiger partial charge in [-0.05, 0) is 53.3 Å². The second kappa shape index (κ2) is 10.5. The molecule has 0 saturated heterocycles. The number of carbonyl (C=O) groups excluding carboxylic acids is 2. The number of rotatable bonds is 8. The van der Waals surface area contributed by atoms with Crippen molar-refractivity contribution in [2.75, 3.05) is 12.3 Å². The molecule has 1 aliphatic carbocycles. The number of thioether (sulfide) groups is 1. The van der Waals surface area contributed by atoms with Gasteiger partial charge in [-0.1, -0.05) is 31.4 Å². The molecule has 0 atom stereocenters. The first kappa shape index (κ1) is 20.0. The highest BCUT2D eigenvalue weighted by atomic mass is 32.2. The zero-order chi connectivity index (χ0) is 18.9. The lowest BCUT2D eigenvalue weighted by molar-refractivity contribution is -0.118. The Kier molecular flexibility index (Phi) is 7.78. The van der Waals surface area contributed by atoms with Crippen LogP contribution in [0.1, 0.15) is 48.0 Å². The van der Waals surface area contributed by atoms with E-state index in [-0.39, 0.29) is 11.8 Å². The summed E-state index contributed by atoms with van der Waals surface area (Å²) < 4.78 is 0. The summed E-state index contributed by atoms with van der Waals surface area (Å²) in [5, 5.41) is 10.0. The Bertz CT molecular complexity index is 740. The summed E-state index contributed by atoms with van der Waals surface area (Å²) in [6.45, 7) is 1.30. The van der Waals surface area contributed by atoms with Crippen LogP contribution in [0.4, 0.5) is 0 Å². The first-order valence-electron chi connectivity index (χ1n) is 9.50. The summed E-state index contributed by atoms with van der Waals surface area (Å²) in [6.07, 6.45) is 6.33. The van der Waals surface area contributed by atoms with Crippen molar-refractivity contribution in [3.8, 4) is 0 Å². The molecule has 0 spiro atoms.